The number of nitrogens with zero attached hydrogens (tertiary/aromatic N) is 2. The number of carbonyl (C=O) groups is 2. The van der Waals surface area contributed by atoms with Crippen LogP contribution >= 0.6 is 11.6 Å². The molecule has 1 aromatic rings. The van der Waals surface area contributed by atoms with Crippen molar-refractivity contribution >= 4 is 23.4 Å². The van der Waals surface area contributed by atoms with E-state index in [0.29, 0.717) is 50.0 Å². The van der Waals surface area contributed by atoms with Gasteiger partial charge >= 0.3 is 0 Å². The molecule has 0 unspecified atom stereocenters. The molecule has 2 aliphatic rings. The molecule has 1 aromatic carbocycles. The van der Waals surface area contributed by atoms with Gasteiger partial charge in [0.15, 0.2) is 0 Å². The van der Waals surface area contributed by atoms with Crippen molar-refractivity contribution in [2.24, 2.45) is 5.92 Å². The van der Waals surface area contributed by atoms with Gasteiger partial charge in [-0.15, -0.1) is 0 Å². The smallest absolute Gasteiger partial charge is 0.253 e. The fourth-order valence-electron chi connectivity index (χ4n) is 3.18. The number of hydrogen-bond acceptors (Lipinski definition) is 3. The summed E-state index contributed by atoms with van der Waals surface area (Å²) in [6.45, 7) is 3.84. The molecule has 2 fully saturated rings. The van der Waals surface area contributed by atoms with E-state index in [2.05, 4.69) is 0 Å². The van der Waals surface area contributed by atoms with Crippen molar-refractivity contribution in [3.8, 4) is 0 Å². The van der Waals surface area contributed by atoms with E-state index in [1.807, 2.05) is 9.80 Å². The van der Waals surface area contributed by atoms with Crippen LogP contribution in [0.15, 0.2) is 24.3 Å². The number of amides is 2. The van der Waals surface area contributed by atoms with Crippen molar-refractivity contribution in [2.75, 3.05) is 39.4 Å². The quantitative estimate of drug-likeness (QED) is 0.830. The zero-order valence-electron chi connectivity index (χ0n) is 13.0. The summed E-state index contributed by atoms with van der Waals surface area (Å²) >= 11 is 5.95. The van der Waals surface area contributed by atoms with Crippen molar-refractivity contribution in [3.63, 3.8) is 0 Å². The molecule has 0 bridgehead atoms. The molecule has 0 saturated carbocycles. The van der Waals surface area contributed by atoms with Gasteiger partial charge in [0.25, 0.3) is 5.91 Å². The van der Waals surface area contributed by atoms with Crippen LogP contribution in [-0.2, 0) is 9.53 Å². The van der Waals surface area contributed by atoms with Gasteiger partial charge in [0, 0.05) is 42.7 Å². The zero-order chi connectivity index (χ0) is 16.2. The standard InChI is InChI=1S/C17H21ClN2O3/c18-15-3-1-2-14(12-15)17(22)19-6-4-13(5-7-19)16(21)20-8-10-23-11-9-20/h1-3,12-13H,4-11H2. The number of piperidine rings is 1. The molecule has 5 nitrogen and oxygen atoms in total. The first kappa shape index (κ1) is 16.3. The monoisotopic (exact) mass is 336 g/mol. The summed E-state index contributed by atoms with van der Waals surface area (Å²) in [7, 11) is 0. The lowest BCUT2D eigenvalue weighted by atomic mass is 9.94. The molecule has 0 radical (unpaired) electrons. The number of benzene rings is 1. The number of ether oxygens (including phenoxy) is 1. The summed E-state index contributed by atoms with van der Waals surface area (Å²) in [6, 6.07) is 7.00. The van der Waals surface area contributed by atoms with Crippen LogP contribution in [0.2, 0.25) is 5.02 Å². The van der Waals surface area contributed by atoms with E-state index in [-0.39, 0.29) is 17.7 Å². The van der Waals surface area contributed by atoms with Gasteiger partial charge in [-0.2, -0.15) is 0 Å². The Balaban J connectivity index is 1.55. The normalized spacial score (nSPS) is 19.7. The predicted octanol–water partition coefficient (Wildman–Crippen LogP) is 2.05. The zero-order valence-corrected chi connectivity index (χ0v) is 13.8. The molecule has 2 heterocycles. The Morgan fingerprint density at radius 3 is 2.39 bits per heavy atom. The molecule has 23 heavy (non-hydrogen) atoms. The molecule has 0 aliphatic carbocycles. The lowest BCUT2D eigenvalue weighted by Crippen LogP contribution is -2.47. The Hall–Kier alpha value is -1.59. The Kier molecular flexibility index (Phi) is 5.18. The molecule has 2 saturated heterocycles. The van der Waals surface area contributed by atoms with Crippen LogP contribution in [-0.4, -0.2) is 61.0 Å². The Bertz CT molecular complexity index is 579. The predicted molar refractivity (Wildman–Crippen MR) is 87.5 cm³/mol. The van der Waals surface area contributed by atoms with Gasteiger partial charge in [-0.1, -0.05) is 17.7 Å². The van der Waals surface area contributed by atoms with Crippen molar-refractivity contribution in [1.29, 1.82) is 0 Å². The third-order valence-corrected chi connectivity index (χ3v) is 4.76. The molecule has 6 heteroatoms. The summed E-state index contributed by atoms with van der Waals surface area (Å²) in [5.41, 5.74) is 0.607. The van der Waals surface area contributed by atoms with Gasteiger partial charge in [0.1, 0.15) is 0 Å². The van der Waals surface area contributed by atoms with E-state index in [9.17, 15) is 9.59 Å². The number of rotatable bonds is 2. The lowest BCUT2D eigenvalue weighted by molar-refractivity contribution is -0.141. The number of carbonyl (C=O) groups excluding carboxylic acids is 2. The molecule has 2 aliphatic heterocycles. The lowest BCUT2D eigenvalue weighted by Gasteiger charge is -2.35. The highest BCUT2D eigenvalue weighted by Gasteiger charge is 2.31. The van der Waals surface area contributed by atoms with E-state index in [1.165, 1.54) is 0 Å². The van der Waals surface area contributed by atoms with E-state index in [1.54, 1.807) is 24.3 Å². The molecule has 0 atom stereocenters. The van der Waals surface area contributed by atoms with E-state index in [0.717, 1.165) is 12.8 Å². The molecule has 0 spiro atoms. The minimum Gasteiger partial charge on any atom is -0.378 e. The first-order valence-electron chi connectivity index (χ1n) is 8.06. The summed E-state index contributed by atoms with van der Waals surface area (Å²) in [5, 5.41) is 0.563. The van der Waals surface area contributed by atoms with Crippen LogP contribution in [0.4, 0.5) is 0 Å². The molecule has 3 rings (SSSR count). The maximum Gasteiger partial charge on any atom is 0.253 e. The second kappa shape index (κ2) is 7.32. The van der Waals surface area contributed by atoms with E-state index >= 15 is 0 Å². The number of likely N-dealkylation sites (tertiary alicyclic amines) is 1. The summed E-state index contributed by atoms with van der Waals surface area (Å²) in [6.07, 6.45) is 1.45. The number of halogens is 1. The van der Waals surface area contributed by atoms with E-state index in [4.69, 9.17) is 16.3 Å². The first-order valence-corrected chi connectivity index (χ1v) is 8.44. The maximum atomic E-state index is 12.5. The third kappa shape index (κ3) is 3.85. The van der Waals surface area contributed by atoms with E-state index < -0.39 is 0 Å². The highest BCUT2D eigenvalue weighted by Crippen LogP contribution is 2.22. The van der Waals surface area contributed by atoms with Gasteiger partial charge in [0.05, 0.1) is 13.2 Å². The van der Waals surface area contributed by atoms with Gasteiger partial charge < -0.3 is 14.5 Å². The average molecular weight is 337 g/mol. The van der Waals surface area contributed by atoms with Crippen molar-refractivity contribution < 1.29 is 14.3 Å². The van der Waals surface area contributed by atoms with Crippen LogP contribution in [0.25, 0.3) is 0 Å². The van der Waals surface area contributed by atoms with Gasteiger partial charge in [-0.05, 0) is 31.0 Å². The second-order valence-electron chi connectivity index (χ2n) is 6.01. The molecule has 0 N–H and O–H groups in total. The summed E-state index contributed by atoms with van der Waals surface area (Å²) in [5.74, 6) is 0.226. The topological polar surface area (TPSA) is 49.9 Å². The third-order valence-electron chi connectivity index (χ3n) is 4.53. The van der Waals surface area contributed by atoms with Crippen LogP contribution in [0.5, 0.6) is 0 Å². The SMILES string of the molecule is O=C(c1cccc(Cl)c1)N1CCC(C(=O)N2CCOCC2)CC1. The number of morpholine rings is 1. The minimum absolute atomic E-state index is 0.00947. The Labute approximate surface area is 141 Å². The molecule has 0 aromatic heterocycles. The maximum absolute atomic E-state index is 12.5. The van der Waals surface area contributed by atoms with Gasteiger partial charge in [-0.25, -0.2) is 0 Å². The molecular formula is C17H21ClN2O3. The largest absolute Gasteiger partial charge is 0.378 e. The fourth-order valence-corrected chi connectivity index (χ4v) is 3.37. The number of hydrogen-bond donors (Lipinski definition) is 0. The molecule has 124 valence electrons. The van der Waals surface area contributed by atoms with Crippen LogP contribution < -0.4 is 0 Å². The van der Waals surface area contributed by atoms with Crippen LogP contribution in [0, 0.1) is 5.92 Å². The van der Waals surface area contributed by atoms with Crippen LogP contribution in [0.3, 0.4) is 0 Å². The molecule has 2 amide bonds. The van der Waals surface area contributed by atoms with Crippen LogP contribution in [0.1, 0.15) is 23.2 Å². The van der Waals surface area contributed by atoms with Crippen molar-refractivity contribution in [1.82, 2.24) is 9.80 Å². The summed E-state index contributed by atoms with van der Waals surface area (Å²) < 4.78 is 5.29. The highest BCUT2D eigenvalue weighted by atomic mass is 35.5. The fraction of sp³-hybridized carbons (Fsp3) is 0.529. The van der Waals surface area contributed by atoms with Gasteiger partial charge in [0.2, 0.25) is 5.91 Å². The Morgan fingerprint density at radius 1 is 1.04 bits per heavy atom. The average Bonchev–Trinajstić information content (AvgIpc) is 2.61. The molecular weight excluding hydrogens is 316 g/mol. The second-order valence-corrected chi connectivity index (χ2v) is 6.45. The van der Waals surface area contributed by atoms with Gasteiger partial charge in [-0.3, -0.25) is 9.59 Å². The Morgan fingerprint density at radius 2 is 1.74 bits per heavy atom. The minimum atomic E-state index is -0.00947. The van der Waals surface area contributed by atoms with Crippen molar-refractivity contribution in [3.05, 3.63) is 34.9 Å². The summed E-state index contributed by atoms with van der Waals surface area (Å²) in [4.78, 5) is 28.7. The first-order chi connectivity index (χ1) is 11.1. The van der Waals surface area contributed by atoms with Crippen molar-refractivity contribution in [2.45, 2.75) is 12.8 Å². The highest BCUT2D eigenvalue weighted by molar-refractivity contribution is 6.30.